The SMILES string of the molecule is c1ccc(-c2nc(-c3ccc(-c4nc5ccccc5c5c(-c6ccccc6)c6c(cc45)oc4ccccc46)cc3)nc(-c3cccc(-n4c5ccccc5c5ccccc54)c3)n2)cc1. The third-order valence-corrected chi connectivity index (χ3v) is 12.4. The van der Waals surface area contributed by atoms with Crippen molar-refractivity contribution < 1.29 is 4.42 Å². The van der Waals surface area contributed by atoms with Crippen LogP contribution >= 0.6 is 0 Å². The van der Waals surface area contributed by atoms with Gasteiger partial charge in [-0.25, -0.2) is 19.9 Å². The second-order valence-corrected chi connectivity index (χ2v) is 16.2. The molecule has 4 aromatic heterocycles. The second-order valence-electron chi connectivity index (χ2n) is 16.2. The fourth-order valence-electron chi connectivity index (χ4n) is 9.54. The fourth-order valence-corrected chi connectivity index (χ4v) is 9.54. The van der Waals surface area contributed by atoms with Crippen molar-refractivity contribution in [1.29, 1.82) is 0 Å². The average Bonchev–Trinajstić information content (AvgIpc) is 3.92. The van der Waals surface area contributed by atoms with Gasteiger partial charge >= 0.3 is 0 Å². The van der Waals surface area contributed by atoms with Gasteiger partial charge in [-0.1, -0.05) is 170 Å². The molecule has 0 saturated carbocycles. The molecule has 13 aromatic rings. The number of nitrogens with zero attached hydrogens (tertiary/aromatic N) is 5. The summed E-state index contributed by atoms with van der Waals surface area (Å²) < 4.78 is 8.93. The highest BCUT2D eigenvalue weighted by Crippen LogP contribution is 2.46. The Balaban J connectivity index is 0.978. The molecule has 0 fully saturated rings. The third-order valence-electron chi connectivity index (χ3n) is 12.4. The molecule has 0 aliphatic rings. The van der Waals surface area contributed by atoms with Crippen LogP contribution in [0.4, 0.5) is 0 Å². The van der Waals surface area contributed by atoms with Crippen molar-refractivity contribution in [2.75, 3.05) is 0 Å². The van der Waals surface area contributed by atoms with Crippen LogP contribution in [0.2, 0.25) is 0 Å². The minimum Gasteiger partial charge on any atom is -0.456 e. The topological polar surface area (TPSA) is 69.6 Å². The van der Waals surface area contributed by atoms with E-state index in [0.29, 0.717) is 17.5 Å². The van der Waals surface area contributed by atoms with Crippen molar-refractivity contribution in [3.63, 3.8) is 0 Å². The van der Waals surface area contributed by atoms with Gasteiger partial charge in [-0.2, -0.15) is 0 Å². The number of hydrogen-bond donors (Lipinski definition) is 0. The highest BCUT2D eigenvalue weighted by atomic mass is 16.3. The van der Waals surface area contributed by atoms with Crippen molar-refractivity contribution in [2.45, 2.75) is 0 Å². The number of para-hydroxylation sites is 4. The van der Waals surface area contributed by atoms with Crippen molar-refractivity contribution in [3.8, 4) is 62.2 Å². The molecule has 0 radical (unpaired) electrons. The van der Waals surface area contributed by atoms with Crippen LogP contribution in [0.3, 0.4) is 0 Å². The highest BCUT2D eigenvalue weighted by Gasteiger charge is 2.22. The van der Waals surface area contributed by atoms with E-state index in [9.17, 15) is 0 Å². The Morgan fingerprint density at radius 2 is 0.859 bits per heavy atom. The van der Waals surface area contributed by atoms with Crippen LogP contribution in [0.1, 0.15) is 0 Å². The number of pyridine rings is 1. The largest absolute Gasteiger partial charge is 0.456 e. The summed E-state index contributed by atoms with van der Waals surface area (Å²) >= 11 is 0. The standard InChI is InChI=1S/C58H35N5O/c1-3-16-36(17-4-1)52-53-44-24-7-11-26-47(44)59-55(46(53)35-51-54(52)45-25-10-14-29-50(45)64-51)37-30-32-39(33-31-37)57-60-56(38-18-5-2-6-19-38)61-58(62-57)40-20-15-21-41(34-40)63-48-27-12-8-22-42(48)43-23-9-13-28-49(43)63/h1-35H. The average molecular weight is 818 g/mol. The summed E-state index contributed by atoms with van der Waals surface area (Å²) in [5.74, 6) is 1.79. The number of aromatic nitrogens is 5. The van der Waals surface area contributed by atoms with Gasteiger partial charge in [-0.15, -0.1) is 0 Å². The number of fused-ring (bicyclic) bond motifs is 9. The molecule has 0 unspecified atom stereocenters. The zero-order valence-electron chi connectivity index (χ0n) is 34.4. The Morgan fingerprint density at radius 3 is 1.56 bits per heavy atom. The van der Waals surface area contributed by atoms with Gasteiger partial charge in [0.05, 0.1) is 22.2 Å². The van der Waals surface area contributed by atoms with Gasteiger partial charge in [0, 0.05) is 71.2 Å². The molecule has 6 nitrogen and oxygen atoms in total. The van der Waals surface area contributed by atoms with Crippen LogP contribution in [-0.2, 0) is 0 Å². The zero-order chi connectivity index (χ0) is 42.1. The Hall–Kier alpha value is -8.74. The van der Waals surface area contributed by atoms with Crippen molar-refractivity contribution >= 4 is 65.4 Å². The summed E-state index contributed by atoms with van der Waals surface area (Å²) in [6.45, 7) is 0. The van der Waals surface area contributed by atoms with E-state index in [1.165, 1.54) is 10.8 Å². The normalized spacial score (nSPS) is 11.8. The highest BCUT2D eigenvalue weighted by molar-refractivity contribution is 6.27. The molecule has 0 N–H and O–H groups in total. The number of hydrogen-bond acceptors (Lipinski definition) is 5. The minimum absolute atomic E-state index is 0.587. The Kier molecular flexibility index (Phi) is 8.11. The summed E-state index contributed by atoms with van der Waals surface area (Å²) in [7, 11) is 0. The van der Waals surface area contributed by atoms with E-state index in [1.54, 1.807) is 0 Å². The maximum absolute atomic E-state index is 6.61. The molecule has 9 aromatic carbocycles. The smallest absolute Gasteiger partial charge is 0.164 e. The summed E-state index contributed by atoms with van der Waals surface area (Å²) in [5, 5.41) is 7.89. The molecular weight excluding hydrogens is 783 g/mol. The molecule has 0 atom stereocenters. The molecular formula is C58H35N5O. The van der Waals surface area contributed by atoms with E-state index in [-0.39, 0.29) is 0 Å². The molecule has 298 valence electrons. The van der Waals surface area contributed by atoms with Gasteiger partial charge < -0.3 is 8.98 Å². The molecule has 0 spiro atoms. The van der Waals surface area contributed by atoms with Crippen LogP contribution in [0.5, 0.6) is 0 Å². The Morgan fingerprint density at radius 1 is 0.328 bits per heavy atom. The van der Waals surface area contributed by atoms with Gasteiger partial charge in [0.1, 0.15) is 11.2 Å². The molecule has 64 heavy (non-hydrogen) atoms. The molecule has 4 heterocycles. The summed E-state index contributed by atoms with van der Waals surface area (Å²) in [5.41, 5.74) is 12.8. The Labute approximate surface area is 367 Å². The first kappa shape index (κ1) is 36.0. The van der Waals surface area contributed by atoms with Gasteiger partial charge in [0.15, 0.2) is 17.5 Å². The predicted molar refractivity (Wildman–Crippen MR) is 261 cm³/mol. The first-order valence-electron chi connectivity index (χ1n) is 21.5. The van der Waals surface area contributed by atoms with E-state index in [2.05, 4.69) is 174 Å². The maximum atomic E-state index is 6.61. The molecule has 6 heteroatoms. The first-order chi connectivity index (χ1) is 31.7. The lowest BCUT2D eigenvalue weighted by Crippen LogP contribution is -2.01. The van der Waals surface area contributed by atoms with Crippen LogP contribution in [0.25, 0.3) is 128 Å². The lowest BCUT2D eigenvalue weighted by molar-refractivity contribution is 0.669. The minimum atomic E-state index is 0.587. The number of furan rings is 1. The van der Waals surface area contributed by atoms with Gasteiger partial charge in [0.2, 0.25) is 0 Å². The molecule has 13 rings (SSSR count). The lowest BCUT2D eigenvalue weighted by Gasteiger charge is -2.16. The van der Waals surface area contributed by atoms with Crippen LogP contribution in [0, 0.1) is 0 Å². The monoisotopic (exact) mass is 817 g/mol. The lowest BCUT2D eigenvalue weighted by atomic mass is 9.89. The van der Waals surface area contributed by atoms with Crippen LogP contribution in [-0.4, -0.2) is 24.5 Å². The van der Waals surface area contributed by atoms with Crippen molar-refractivity contribution in [1.82, 2.24) is 24.5 Å². The first-order valence-corrected chi connectivity index (χ1v) is 21.5. The number of benzene rings is 9. The molecule has 0 saturated heterocycles. The third kappa shape index (κ3) is 5.73. The van der Waals surface area contributed by atoms with E-state index in [4.69, 9.17) is 24.4 Å². The number of rotatable bonds is 6. The zero-order valence-corrected chi connectivity index (χ0v) is 34.4. The fraction of sp³-hybridized carbons (Fsp3) is 0. The quantitative estimate of drug-likeness (QED) is 0.156. The predicted octanol–water partition coefficient (Wildman–Crippen LogP) is 14.9. The summed E-state index contributed by atoms with van der Waals surface area (Å²) in [4.78, 5) is 20.7. The van der Waals surface area contributed by atoms with Crippen molar-refractivity contribution in [3.05, 3.63) is 212 Å². The van der Waals surface area contributed by atoms with Crippen molar-refractivity contribution in [2.24, 2.45) is 0 Å². The van der Waals surface area contributed by atoms with E-state index in [1.807, 2.05) is 42.5 Å². The van der Waals surface area contributed by atoms with E-state index in [0.717, 1.165) is 99.4 Å². The van der Waals surface area contributed by atoms with Gasteiger partial charge in [-0.3, -0.25) is 0 Å². The molecule has 0 bridgehead atoms. The maximum Gasteiger partial charge on any atom is 0.164 e. The van der Waals surface area contributed by atoms with Gasteiger partial charge in [0.25, 0.3) is 0 Å². The van der Waals surface area contributed by atoms with Gasteiger partial charge in [-0.05, 0) is 48.0 Å². The second kappa shape index (κ2) is 14.4. The summed E-state index contributed by atoms with van der Waals surface area (Å²) in [6, 6.07) is 73.7. The van der Waals surface area contributed by atoms with E-state index >= 15 is 0 Å². The Bertz CT molecular complexity index is 3890. The van der Waals surface area contributed by atoms with Crippen LogP contribution < -0.4 is 0 Å². The van der Waals surface area contributed by atoms with Crippen LogP contribution in [0.15, 0.2) is 217 Å². The van der Waals surface area contributed by atoms with E-state index < -0.39 is 0 Å². The molecule has 0 amide bonds. The summed E-state index contributed by atoms with van der Waals surface area (Å²) in [6.07, 6.45) is 0. The molecule has 0 aliphatic heterocycles. The molecule has 0 aliphatic carbocycles.